The summed E-state index contributed by atoms with van der Waals surface area (Å²) in [6, 6.07) is 15.9. The van der Waals surface area contributed by atoms with E-state index in [0.29, 0.717) is 5.92 Å². The number of rotatable bonds is 9. The zero-order chi connectivity index (χ0) is 20.9. The molecule has 0 saturated carbocycles. The SMILES string of the molecule is CC(C)OP(=O)(OC(C)C)[C@H](Nc1ccc(C(C)C)cc1)c1ccc(Br)cc1. The predicted molar refractivity (Wildman–Crippen MR) is 121 cm³/mol. The molecule has 0 heterocycles. The largest absolute Gasteiger partial charge is 0.368 e. The van der Waals surface area contributed by atoms with Crippen LogP contribution in [0.1, 0.15) is 64.4 Å². The Kier molecular flexibility index (Phi) is 8.32. The summed E-state index contributed by atoms with van der Waals surface area (Å²) in [6.45, 7) is 11.8. The Balaban J connectivity index is 2.45. The van der Waals surface area contributed by atoms with Crippen molar-refractivity contribution in [2.75, 3.05) is 5.32 Å². The maximum absolute atomic E-state index is 13.9. The molecule has 1 atom stereocenters. The van der Waals surface area contributed by atoms with E-state index in [1.54, 1.807) is 0 Å². The first-order valence-electron chi connectivity index (χ1n) is 9.69. The standard InChI is InChI=1S/C22H31BrNO3P/c1-15(2)18-9-13-21(14-10-18)24-22(19-7-11-20(23)12-8-19)28(25,26-16(3)4)27-17(5)6/h7-17,22,24H,1-6H3/t22-/m0/s1. The first-order chi connectivity index (χ1) is 13.1. The Bertz CT molecular complexity index is 774. The van der Waals surface area contributed by atoms with Crippen molar-refractivity contribution in [2.24, 2.45) is 0 Å². The third-order valence-corrected chi connectivity index (χ3v) is 7.12. The van der Waals surface area contributed by atoms with Crippen LogP contribution in [-0.4, -0.2) is 12.2 Å². The first kappa shape index (κ1) is 23.2. The van der Waals surface area contributed by atoms with E-state index in [1.807, 2.05) is 64.1 Å². The molecule has 4 nitrogen and oxygen atoms in total. The third-order valence-electron chi connectivity index (χ3n) is 4.10. The molecule has 0 amide bonds. The number of halogens is 1. The maximum atomic E-state index is 13.9. The van der Waals surface area contributed by atoms with Crippen LogP contribution in [0.4, 0.5) is 5.69 Å². The zero-order valence-electron chi connectivity index (χ0n) is 17.5. The van der Waals surface area contributed by atoms with E-state index in [4.69, 9.17) is 9.05 Å². The van der Waals surface area contributed by atoms with Gasteiger partial charge in [-0.05, 0) is 69.0 Å². The van der Waals surface area contributed by atoms with E-state index in [9.17, 15) is 4.57 Å². The van der Waals surface area contributed by atoms with Gasteiger partial charge in [0.25, 0.3) is 0 Å². The van der Waals surface area contributed by atoms with Crippen molar-refractivity contribution in [3.05, 3.63) is 64.1 Å². The normalized spacial score (nSPS) is 13.4. The first-order valence-corrected chi connectivity index (χ1v) is 12.1. The van der Waals surface area contributed by atoms with E-state index < -0.39 is 13.4 Å². The molecule has 0 bridgehead atoms. The average molecular weight is 468 g/mol. The highest BCUT2D eigenvalue weighted by Crippen LogP contribution is 2.62. The molecule has 1 N–H and O–H groups in total. The van der Waals surface area contributed by atoms with Crippen molar-refractivity contribution in [3.8, 4) is 0 Å². The van der Waals surface area contributed by atoms with Crippen molar-refractivity contribution >= 4 is 29.2 Å². The Morgan fingerprint density at radius 1 is 0.786 bits per heavy atom. The Labute approximate surface area is 177 Å². The van der Waals surface area contributed by atoms with Crippen molar-refractivity contribution in [3.63, 3.8) is 0 Å². The molecule has 0 unspecified atom stereocenters. The molecule has 0 aliphatic rings. The number of hydrogen-bond donors (Lipinski definition) is 1. The summed E-state index contributed by atoms with van der Waals surface area (Å²) in [4.78, 5) is 0. The second-order valence-electron chi connectivity index (χ2n) is 7.72. The molecule has 0 radical (unpaired) electrons. The van der Waals surface area contributed by atoms with Gasteiger partial charge in [0.15, 0.2) is 5.78 Å². The van der Waals surface area contributed by atoms with Gasteiger partial charge in [-0.15, -0.1) is 0 Å². The molecule has 0 saturated heterocycles. The van der Waals surface area contributed by atoms with Gasteiger partial charge in [0.2, 0.25) is 0 Å². The summed E-state index contributed by atoms with van der Waals surface area (Å²) in [6.07, 6.45) is -0.458. The molecular formula is C22H31BrNO3P. The molecule has 6 heteroatoms. The highest BCUT2D eigenvalue weighted by molar-refractivity contribution is 9.10. The van der Waals surface area contributed by atoms with E-state index in [-0.39, 0.29) is 12.2 Å². The van der Waals surface area contributed by atoms with E-state index in [0.717, 1.165) is 15.7 Å². The van der Waals surface area contributed by atoms with Crippen LogP contribution in [0.25, 0.3) is 0 Å². The van der Waals surface area contributed by atoms with E-state index >= 15 is 0 Å². The smallest absolute Gasteiger partial charge is 0.357 e. The second kappa shape index (κ2) is 10.1. The minimum atomic E-state index is -3.50. The summed E-state index contributed by atoms with van der Waals surface area (Å²) in [5.41, 5.74) is 2.98. The van der Waals surface area contributed by atoms with Crippen molar-refractivity contribution in [1.29, 1.82) is 0 Å². The quantitative estimate of drug-likeness (QED) is 0.383. The lowest BCUT2D eigenvalue weighted by Gasteiger charge is -2.31. The second-order valence-corrected chi connectivity index (χ2v) is 10.7. The van der Waals surface area contributed by atoms with Gasteiger partial charge in [-0.1, -0.05) is 54.0 Å². The fraction of sp³-hybridized carbons (Fsp3) is 0.455. The van der Waals surface area contributed by atoms with Crippen molar-refractivity contribution < 1.29 is 13.6 Å². The average Bonchev–Trinajstić information content (AvgIpc) is 2.59. The van der Waals surface area contributed by atoms with Crippen LogP contribution >= 0.6 is 23.5 Å². The topological polar surface area (TPSA) is 47.6 Å². The Hall–Kier alpha value is -1.13. The van der Waals surface area contributed by atoms with Crippen molar-refractivity contribution in [2.45, 2.75) is 65.5 Å². The molecule has 2 aromatic carbocycles. The minimum absolute atomic E-state index is 0.229. The molecule has 0 fully saturated rings. The number of anilines is 1. The van der Waals surface area contributed by atoms with Gasteiger partial charge >= 0.3 is 7.60 Å². The third kappa shape index (κ3) is 6.45. The summed E-state index contributed by atoms with van der Waals surface area (Å²) in [5.74, 6) is -0.161. The van der Waals surface area contributed by atoms with Gasteiger partial charge in [-0.25, -0.2) is 0 Å². The van der Waals surface area contributed by atoms with Crippen LogP contribution in [0.5, 0.6) is 0 Å². The zero-order valence-corrected chi connectivity index (χ0v) is 20.0. The highest BCUT2D eigenvalue weighted by atomic mass is 79.9. The molecule has 0 aromatic heterocycles. The summed E-state index contributed by atoms with van der Waals surface area (Å²) in [7, 11) is -3.50. The predicted octanol–water partition coefficient (Wildman–Crippen LogP) is 7.73. The number of nitrogens with one attached hydrogen (secondary N) is 1. The summed E-state index contributed by atoms with van der Waals surface area (Å²) >= 11 is 3.46. The van der Waals surface area contributed by atoms with Crippen LogP contribution < -0.4 is 5.32 Å². The van der Waals surface area contributed by atoms with Gasteiger partial charge in [0, 0.05) is 10.2 Å². The van der Waals surface area contributed by atoms with Crippen LogP contribution in [0, 0.1) is 0 Å². The van der Waals surface area contributed by atoms with Crippen LogP contribution in [0.3, 0.4) is 0 Å². The lowest BCUT2D eigenvalue weighted by atomic mass is 10.0. The van der Waals surface area contributed by atoms with Crippen LogP contribution in [-0.2, 0) is 13.6 Å². The van der Waals surface area contributed by atoms with E-state index in [2.05, 4.69) is 47.2 Å². The van der Waals surface area contributed by atoms with Gasteiger partial charge in [0.1, 0.15) is 0 Å². The molecule has 0 spiro atoms. The maximum Gasteiger partial charge on any atom is 0.357 e. The Morgan fingerprint density at radius 3 is 1.68 bits per heavy atom. The number of hydrogen-bond acceptors (Lipinski definition) is 4. The number of benzene rings is 2. The molecule has 0 aliphatic carbocycles. The molecule has 0 aliphatic heterocycles. The minimum Gasteiger partial charge on any atom is -0.368 e. The van der Waals surface area contributed by atoms with Gasteiger partial charge < -0.3 is 14.4 Å². The van der Waals surface area contributed by atoms with Crippen molar-refractivity contribution in [1.82, 2.24) is 0 Å². The lowest BCUT2D eigenvalue weighted by molar-refractivity contribution is 0.138. The molecule has 2 aromatic rings. The highest BCUT2D eigenvalue weighted by Gasteiger charge is 2.39. The molecule has 154 valence electrons. The fourth-order valence-corrected chi connectivity index (χ4v) is 5.42. The van der Waals surface area contributed by atoms with E-state index in [1.165, 1.54) is 5.56 Å². The molecular weight excluding hydrogens is 437 g/mol. The lowest BCUT2D eigenvalue weighted by Crippen LogP contribution is -2.19. The Morgan fingerprint density at radius 2 is 1.25 bits per heavy atom. The van der Waals surface area contributed by atoms with Gasteiger partial charge in [0.05, 0.1) is 12.2 Å². The molecule has 28 heavy (non-hydrogen) atoms. The summed E-state index contributed by atoms with van der Waals surface area (Å²) < 4.78 is 26.6. The van der Waals surface area contributed by atoms with Gasteiger partial charge in [-0.2, -0.15) is 0 Å². The fourth-order valence-electron chi connectivity index (χ4n) is 2.85. The molecule has 2 rings (SSSR count). The van der Waals surface area contributed by atoms with Crippen LogP contribution in [0.2, 0.25) is 0 Å². The summed E-state index contributed by atoms with van der Waals surface area (Å²) in [5, 5.41) is 3.40. The van der Waals surface area contributed by atoms with Crippen LogP contribution in [0.15, 0.2) is 53.0 Å². The monoisotopic (exact) mass is 467 g/mol. The van der Waals surface area contributed by atoms with Gasteiger partial charge in [-0.3, -0.25) is 4.57 Å².